The van der Waals surface area contributed by atoms with Crippen LogP contribution in [0.15, 0.2) is 30.3 Å². The number of benzene rings is 1. The van der Waals surface area contributed by atoms with Crippen LogP contribution < -0.4 is 10.1 Å². The molecule has 7 nitrogen and oxygen atoms in total. The number of amides is 1. The van der Waals surface area contributed by atoms with Crippen LogP contribution in [0.4, 0.5) is 0 Å². The fourth-order valence-electron chi connectivity index (χ4n) is 3.87. The fraction of sp³-hybridized carbons (Fsp3) is 0.680. The van der Waals surface area contributed by atoms with Gasteiger partial charge in [-0.25, -0.2) is 0 Å². The van der Waals surface area contributed by atoms with E-state index in [0.29, 0.717) is 25.4 Å². The second kappa shape index (κ2) is 15.6. The van der Waals surface area contributed by atoms with E-state index in [2.05, 4.69) is 12.2 Å². The number of ether oxygens (including phenoxy) is 2. The van der Waals surface area contributed by atoms with Crippen LogP contribution in [0, 0.1) is 0 Å². The van der Waals surface area contributed by atoms with Crippen molar-refractivity contribution in [1.82, 2.24) is 10.2 Å². The normalized spacial score (nSPS) is 17.6. The molecule has 2 unspecified atom stereocenters. The highest BCUT2D eigenvalue weighted by Crippen LogP contribution is 2.13. The Kier molecular flexibility index (Phi) is 12.8. The van der Waals surface area contributed by atoms with Crippen molar-refractivity contribution in [2.75, 3.05) is 32.8 Å². The van der Waals surface area contributed by atoms with E-state index in [1.54, 1.807) is 0 Å². The third-order valence-corrected chi connectivity index (χ3v) is 5.69. The maximum absolute atomic E-state index is 12.4. The van der Waals surface area contributed by atoms with E-state index < -0.39 is 12.1 Å². The minimum Gasteiger partial charge on any atom is -0.491 e. The summed E-state index contributed by atoms with van der Waals surface area (Å²) in [7, 11) is 0. The molecule has 0 saturated carbocycles. The topological polar surface area (TPSA) is 88.1 Å². The van der Waals surface area contributed by atoms with Gasteiger partial charge in [0.1, 0.15) is 18.5 Å². The molecule has 1 amide bonds. The van der Waals surface area contributed by atoms with Crippen LogP contribution in [0.2, 0.25) is 0 Å². The Morgan fingerprint density at radius 2 is 1.81 bits per heavy atom. The number of carbonyl (C=O) groups is 2. The molecule has 0 spiro atoms. The number of aliphatic hydroxyl groups is 1. The third-order valence-electron chi connectivity index (χ3n) is 5.69. The fourth-order valence-corrected chi connectivity index (χ4v) is 3.87. The van der Waals surface area contributed by atoms with E-state index in [1.807, 2.05) is 35.2 Å². The summed E-state index contributed by atoms with van der Waals surface area (Å²) in [5.41, 5.74) is 0. The quantitative estimate of drug-likeness (QED) is 0.298. The van der Waals surface area contributed by atoms with E-state index in [0.717, 1.165) is 12.8 Å². The van der Waals surface area contributed by atoms with Crippen LogP contribution in [-0.2, 0) is 14.3 Å². The van der Waals surface area contributed by atoms with Gasteiger partial charge in [0.2, 0.25) is 5.91 Å². The van der Waals surface area contributed by atoms with Crippen LogP contribution in [0.5, 0.6) is 5.75 Å². The summed E-state index contributed by atoms with van der Waals surface area (Å²) in [5.74, 6) is 0.121. The van der Waals surface area contributed by atoms with Crippen molar-refractivity contribution >= 4 is 11.9 Å². The number of carbonyl (C=O) groups excluding carboxylic acids is 2. The summed E-state index contributed by atoms with van der Waals surface area (Å²) in [6.45, 7) is 4.07. The molecule has 32 heavy (non-hydrogen) atoms. The summed E-state index contributed by atoms with van der Waals surface area (Å²) in [4.78, 5) is 26.5. The molecule has 1 heterocycles. The van der Waals surface area contributed by atoms with Gasteiger partial charge in [0.25, 0.3) is 0 Å². The van der Waals surface area contributed by atoms with Gasteiger partial charge in [-0.3, -0.25) is 14.5 Å². The average Bonchev–Trinajstić information content (AvgIpc) is 2.79. The first-order valence-corrected chi connectivity index (χ1v) is 12.1. The van der Waals surface area contributed by atoms with Gasteiger partial charge >= 0.3 is 5.97 Å². The monoisotopic (exact) mass is 448 g/mol. The Bertz CT molecular complexity index is 655. The molecule has 0 radical (unpaired) electrons. The van der Waals surface area contributed by atoms with E-state index >= 15 is 0 Å². The molecule has 1 fully saturated rings. The predicted molar refractivity (Wildman–Crippen MR) is 125 cm³/mol. The summed E-state index contributed by atoms with van der Waals surface area (Å²) in [6, 6.07) is 8.66. The average molecular weight is 449 g/mol. The van der Waals surface area contributed by atoms with Crippen LogP contribution >= 0.6 is 0 Å². The minimum atomic E-state index is -0.767. The number of para-hydroxylation sites is 1. The Labute approximate surface area is 192 Å². The van der Waals surface area contributed by atoms with Crippen molar-refractivity contribution < 1.29 is 24.2 Å². The first-order chi connectivity index (χ1) is 15.6. The molecule has 2 rings (SSSR count). The van der Waals surface area contributed by atoms with Gasteiger partial charge in [-0.05, 0) is 18.6 Å². The highest BCUT2D eigenvalue weighted by atomic mass is 16.5. The van der Waals surface area contributed by atoms with Crippen molar-refractivity contribution in [2.24, 2.45) is 0 Å². The van der Waals surface area contributed by atoms with Gasteiger partial charge in [-0.2, -0.15) is 0 Å². The highest BCUT2D eigenvalue weighted by molar-refractivity contribution is 5.87. The number of esters is 1. The maximum atomic E-state index is 12.4. The van der Waals surface area contributed by atoms with Crippen molar-refractivity contribution in [1.29, 1.82) is 0 Å². The maximum Gasteiger partial charge on any atom is 0.307 e. The first-order valence-electron chi connectivity index (χ1n) is 12.1. The smallest absolute Gasteiger partial charge is 0.307 e. The number of rotatable bonds is 16. The lowest BCUT2D eigenvalue weighted by molar-refractivity contribution is -0.149. The van der Waals surface area contributed by atoms with Gasteiger partial charge in [-0.15, -0.1) is 0 Å². The number of aliphatic hydroxyl groups excluding tert-OH is 1. The number of nitrogens with zero attached hydrogens (tertiary/aromatic N) is 1. The Hall–Kier alpha value is -2.12. The summed E-state index contributed by atoms with van der Waals surface area (Å²) >= 11 is 0. The molecule has 0 bridgehead atoms. The second-order valence-electron chi connectivity index (χ2n) is 8.48. The summed E-state index contributed by atoms with van der Waals surface area (Å²) in [5, 5.41) is 13.2. The SMILES string of the molecule is CCCCCCCCCCOC(=O)CC1C(=O)NCCN1CC(O)COc1ccccc1. The third kappa shape index (κ3) is 10.5. The molecule has 2 atom stereocenters. The zero-order valence-corrected chi connectivity index (χ0v) is 19.5. The van der Waals surface area contributed by atoms with Crippen LogP contribution in [-0.4, -0.2) is 66.9 Å². The zero-order valence-electron chi connectivity index (χ0n) is 19.5. The Morgan fingerprint density at radius 1 is 1.12 bits per heavy atom. The highest BCUT2D eigenvalue weighted by Gasteiger charge is 2.33. The Balaban J connectivity index is 1.66. The van der Waals surface area contributed by atoms with Gasteiger partial charge in [0.15, 0.2) is 0 Å². The lowest BCUT2D eigenvalue weighted by Gasteiger charge is -2.35. The first kappa shape index (κ1) is 26.1. The molecule has 7 heteroatoms. The lowest BCUT2D eigenvalue weighted by Crippen LogP contribution is -2.57. The number of hydrogen-bond donors (Lipinski definition) is 2. The van der Waals surface area contributed by atoms with Gasteiger partial charge in [-0.1, -0.05) is 70.1 Å². The van der Waals surface area contributed by atoms with Gasteiger partial charge in [0.05, 0.1) is 19.1 Å². The number of unbranched alkanes of at least 4 members (excludes halogenated alkanes) is 7. The van der Waals surface area contributed by atoms with E-state index in [-0.39, 0.29) is 31.4 Å². The molecule has 2 N–H and O–H groups in total. The van der Waals surface area contributed by atoms with Crippen LogP contribution in [0.1, 0.15) is 64.7 Å². The van der Waals surface area contributed by atoms with E-state index in [4.69, 9.17) is 9.47 Å². The van der Waals surface area contributed by atoms with Crippen LogP contribution in [0.3, 0.4) is 0 Å². The predicted octanol–water partition coefficient (Wildman–Crippen LogP) is 3.30. The van der Waals surface area contributed by atoms with E-state index in [9.17, 15) is 14.7 Å². The molecular formula is C25H40N2O5. The second-order valence-corrected chi connectivity index (χ2v) is 8.48. The summed E-state index contributed by atoms with van der Waals surface area (Å²) in [6.07, 6.45) is 8.70. The van der Waals surface area contributed by atoms with Crippen LogP contribution in [0.25, 0.3) is 0 Å². The molecule has 1 aromatic carbocycles. The number of β-amino-alcohol motifs (C(OH)–C–C–N with tert-alkyl or cyclic N) is 1. The van der Waals surface area contributed by atoms with Gasteiger partial charge < -0.3 is 19.9 Å². The molecule has 1 saturated heterocycles. The molecule has 1 aliphatic heterocycles. The van der Waals surface area contributed by atoms with E-state index in [1.165, 1.54) is 38.5 Å². The number of nitrogens with one attached hydrogen (secondary N) is 1. The minimum absolute atomic E-state index is 0.00485. The number of hydrogen-bond acceptors (Lipinski definition) is 6. The molecular weight excluding hydrogens is 408 g/mol. The summed E-state index contributed by atoms with van der Waals surface area (Å²) < 4.78 is 11.0. The Morgan fingerprint density at radius 3 is 2.53 bits per heavy atom. The standard InChI is InChI=1S/C25H40N2O5/c1-2-3-4-5-6-7-8-12-17-31-24(29)18-23-25(30)26-15-16-27(23)19-21(28)20-32-22-13-10-9-11-14-22/h9-11,13-14,21,23,28H,2-8,12,15-20H2,1H3,(H,26,30). The molecule has 1 aliphatic rings. The molecule has 1 aromatic rings. The molecule has 0 aliphatic carbocycles. The largest absolute Gasteiger partial charge is 0.491 e. The van der Waals surface area contributed by atoms with Crippen molar-refractivity contribution in [2.45, 2.75) is 76.9 Å². The molecule has 180 valence electrons. The van der Waals surface area contributed by atoms with Crippen molar-refractivity contribution in [3.63, 3.8) is 0 Å². The number of piperazine rings is 1. The molecule has 0 aromatic heterocycles. The zero-order chi connectivity index (χ0) is 23.0. The van der Waals surface area contributed by atoms with Gasteiger partial charge in [0, 0.05) is 19.6 Å². The lowest BCUT2D eigenvalue weighted by atomic mass is 10.1. The van der Waals surface area contributed by atoms with Crippen molar-refractivity contribution in [3.05, 3.63) is 30.3 Å². The van der Waals surface area contributed by atoms with Crippen molar-refractivity contribution in [3.8, 4) is 5.75 Å².